The van der Waals surface area contributed by atoms with Crippen LogP contribution < -0.4 is 10.6 Å². The van der Waals surface area contributed by atoms with Gasteiger partial charge in [0.15, 0.2) is 0 Å². The number of hydrogen-bond acceptors (Lipinski definition) is 4. The topological polar surface area (TPSA) is 71.8 Å². The Morgan fingerprint density at radius 2 is 2.11 bits per heavy atom. The number of anilines is 1. The molecular weight excluding hydrogens is 242 g/mol. The lowest BCUT2D eigenvalue weighted by Crippen LogP contribution is -2.23. The summed E-state index contributed by atoms with van der Waals surface area (Å²) in [5.74, 6) is 0.528. The third kappa shape index (κ3) is 1.46. The minimum atomic E-state index is -0.0893. The fourth-order valence-electron chi connectivity index (χ4n) is 2.57. The van der Waals surface area contributed by atoms with Gasteiger partial charge in [0, 0.05) is 5.57 Å². The van der Waals surface area contributed by atoms with Gasteiger partial charge in [-0.25, -0.2) is 4.68 Å². The molecule has 2 aliphatic rings. The molecule has 2 N–H and O–H groups in total. The molecule has 1 atom stereocenters. The summed E-state index contributed by atoms with van der Waals surface area (Å²) in [5.41, 5.74) is 2.69. The molecule has 0 saturated carbocycles. The molecule has 0 spiro atoms. The van der Waals surface area contributed by atoms with Crippen LogP contribution in [0.4, 0.5) is 5.95 Å². The van der Waals surface area contributed by atoms with Crippen LogP contribution in [-0.2, 0) is 11.3 Å². The van der Waals surface area contributed by atoms with Gasteiger partial charge >= 0.3 is 0 Å². The summed E-state index contributed by atoms with van der Waals surface area (Å²) < 4.78 is 1.76. The van der Waals surface area contributed by atoms with Crippen LogP contribution in [0, 0.1) is 0 Å². The Balaban J connectivity index is 1.77. The lowest BCUT2D eigenvalue weighted by molar-refractivity contribution is -0.117. The van der Waals surface area contributed by atoms with Gasteiger partial charge in [0.25, 0.3) is 5.91 Å². The third-order valence-electron chi connectivity index (χ3n) is 3.48. The fourth-order valence-corrected chi connectivity index (χ4v) is 2.57. The summed E-state index contributed by atoms with van der Waals surface area (Å²) >= 11 is 0. The first-order valence-electron chi connectivity index (χ1n) is 6.06. The second kappa shape index (κ2) is 3.68. The Bertz CT molecular complexity index is 688. The van der Waals surface area contributed by atoms with E-state index in [-0.39, 0.29) is 11.9 Å². The molecule has 1 unspecified atom stereocenters. The lowest BCUT2D eigenvalue weighted by Gasteiger charge is -2.19. The van der Waals surface area contributed by atoms with Crippen molar-refractivity contribution in [1.29, 1.82) is 0 Å². The van der Waals surface area contributed by atoms with Crippen LogP contribution >= 0.6 is 0 Å². The minimum Gasteiger partial charge on any atom is -0.340 e. The second-order valence-electron chi connectivity index (χ2n) is 4.58. The number of aromatic nitrogens is 3. The van der Waals surface area contributed by atoms with Crippen LogP contribution in [-0.4, -0.2) is 20.7 Å². The molecule has 1 amide bonds. The van der Waals surface area contributed by atoms with Gasteiger partial charge in [0.1, 0.15) is 12.0 Å². The van der Waals surface area contributed by atoms with E-state index < -0.39 is 0 Å². The Kier molecular flexibility index (Phi) is 2.00. The number of amides is 1. The summed E-state index contributed by atoms with van der Waals surface area (Å²) in [6, 6.07) is 9.84. The molecule has 2 aromatic rings. The zero-order valence-corrected chi connectivity index (χ0v) is 10.00. The number of benzene rings is 1. The zero-order valence-electron chi connectivity index (χ0n) is 10.00. The molecule has 94 valence electrons. The average Bonchev–Trinajstić information content (AvgIpc) is 3.02. The van der Waals surface area contributed by atoms with E-state index in [0.29, 0.717) is 18.2 Å². The Labute approximate surface area is 109 Å². The van der Waals surface area contributed by atoms with Crippen molar-refractivity contribution in [2.45, 2.75) is 12.6 Å². The molecule has 6 nitrogen and oxygen atoms in total. The maximum Gasteiger partial charge on any atom is 0.268 e. The van der Waals surface area contributed by atoms with E-state index in [1.165, 1.54) is 6.33 Å². The quantitative estimate of drug-likeness (QED) is 0.789. The van der Waals surface area contributed by atoms with E-state index in [9.17, 15) is 4.79 Å². The van der Waals surface area contributed by atoms with E-state index in [4.69, 9.17) is 0 Å². The van der Waals surface area contributed by atoms with Crippen molar-refractivity contribution in [2.75, 3.05) is 5.32 Å². The molecule has 1 aromatic carbocycles. The van der Waals surface area contributed by atoms with Crippen molar-refractivity contribution in [2.24, 2.45) is 0 Å². The SMILES string of the molecule is O=C1NC(c2ccccc2)C2=C1Nc1ncnn1C2. The Morgan fingerprint density at radius 1 is 1.26 bits per heavy atom. The van der Waals surface area contributed by atoms with Crippen molar-refractivity contribution in [3.05, 3.63) is 53.5 Å². The second-order valence-corrected chi connectivity index (χ2v) is 4.58. The van der Waals surface area contributed by atoms with Gasteiger partial charge in [-0.15, -0.1) is 0 Å². The lowest BCUT2D eigenvalue weighted by atomic mass is 9.99. The van der Waals surface area contributed by atoms with Crippen LogP contribution in [0.2, 0.25) is 0 Å². The standard InChI is InChI=1S/C13H11N5O/c19-12-11-9(6-18-13(17-11)14-7-15-18)10(16-12)8-4-2-1-3-5-8/h1-5,7,10H,6H2,(H,16,19)(H,14,15,17). The van der Waals surface area contributed by atoms with Gasteiger partial charge in [-0.1, -0.05) is 30.3 Å². The third-order valence-corrected chi connectivity index (χ3v) is 3.48. The van der Waals surface area contributed by atoms with Gasteiger partial charge in [0.2, 0.25) is 5.95 Å². The van der Waals surface area contributed by atoms with Crippen LogP contribution in [0.5, 0.6) is 0 Å². The maximum atomic E-state index is 12.0. The molecule has 0 saturated heterocycles. The molecule has 19 heavy (non-hydrogen) atoms. The van der Waals surface area contributed by atoms with Crippen LogP contribution in [0.25, 0.3) is 0 Å². The summed E-state index contributed by atoms with van der Waals surface area (Å²) in [6.07, 6.45) is 1.49. The van der Waals surface area contributed by atoms with Gasteiger partial charge in [-0.3, -0.25) is 4.79 Å². The summed E-state index contributed by atoms with van der Waals surface area (Å²) in [4.78, 5) is 16.1. The van der Waals surface area contributed by atoms with Crippen molar-refractivity contribution in [1.82, 2.24) is 20.1 Å². The van der Waals surface area contributed by atoms with Crippen molar-refractivity contribution in [3.8, 4) is 0 Å². The predicted molar refractivity (Wildman–Crippen MR) is 68.0 cm³/mol. The molecule has 0 fully saturated rings. The van der Waals surface area contributed by atoms with Crippen LogP contribution in [0.3, 0.4) is 0 Å². The normalized spacial score (nSPS) is 20.6. The average molecular weight is 253 g/mol. The molecule has 2 aliphatic heterocycles. The first kappa shape index (κ1) is 10.3. The van der Waals surface area contributed by atoms with Crippen LogP contribution in [0.1, 0.15) is 11.6 Å². The van der Waals surface area contributed by atoms with E-state index >= 15 is 0 Å². The first-order chi connectivity index (χ1) is 9.33. The van der Waals surface area contributed by atoms with Crippen LogP contribution in [0.15, 0.2) is 47.9 Å². The first-order valence-corrected chi connectivity index (χ1v) is 6.06. The number of hydrogen-bond donors (Lipinski definition) is 2. The highest BCUT2D eigenvalue weighted by Crippen LogP contribution is 2.34. The van der Waals surface area contributed by atoms with Gasteiger partial charge < -0.3 is 10.6 Å². The van der Waals surface area contributed by atoms with E-state index in [1.54, 1.807) is 4.68 Å². The van der Waals surface area contributed by atoms with Gasteiger partial charge in [0.05, 0.1) is 12.6 Å². The van der Waals surface area contributed by atoms with Crippen molar-refractivity contribution >= 4 is 11.9 Å². The summed E-state index contributed by atoms with van der Waals surface area (Å²) in [7, 11) is 0. The van der Waals surface area contributed by atoms with E-state index in [1.807, 2.05) is 30.3 Å². The largest absolute Gasteiger partial charge is 0.340 e. The highest BCUT2D eigenvalue weighted by molar-refractivity contribution is 6.00. The van der Waals surface area contributed by atoms with Gasteiger partial charge in [-0.05, 0) is 5.56 Å². The highest BCUT2D eigenvalue weighted by atomic mass is 16.2. The van der Waals surface area contributed by atoms with Crippen molar-refractivity contribution < 1.29 is 4.79 Å². The molecule has 1 aromatic heterocycles. The Morgan fingerprint density at radius 3 is 2.95 bits per heavy atom. The molecule has 3 heterocycles. The molecule has 4 rings (SSSR count). The minimum absolute atomic E-state index is 0.0851. The monoisotopic (exact) mass is 253 g/mol. The number of carbonyl (C=O) groups excluding carboxylic acids is 1. The number of nitrogens with zero attached hydrogens (tertiary/aromatic N) is 3. The Hall–Kier alpha value is -2.63. The van der Waals surface area contributed by atoms with Crippen molar-refractivity contribution in [3.63, 3.8) is 0 Å². The zero-order chi connectivity index (χ0) is 12.8. The molecule has 0 radical (unpaired) electrons. The summed E-state index contributed by atoms with van der Waals surface area (Å²) in [6.45, 7) is 0.579. The molecule has 0 aliphatic carbocycles. The smallest absolute Gasteiger partial charge is 0.268 e. The maximum absolute atomic E-state index is 12.0. The fraction of sp³-hybridized carbons (Fsp3) is 0.154. The number of rotatable bonds is 1. The molecule has 6 heteroatoms. The number of nitrogens with one attached hydrogen (secondary N) is 2. The van der Waals surface area contributed by atoms with E-state index in [2.05, 4.69) is 20.7 Å². The van der Waals surface area contributed by atoms with E-state index in [0.717, 1.165) is 11.1 Å². The van der Waals surface area contributed by atoms with Gasteiger partial charge in [-0.2, -0.15) is 10.1 Å². The summed E-state index contributed by atoms with van der Waals surface area (Å²) in [5, 5.41) is 10.2. The highest BCUT2D eigenvalue weighted by Gasteiger charge is 2.36. The molecular formula is C13H11N5O. The molecule has 0 bridgehead atoms. The predicted octanol–water partition coefficient (Wildman–Crippen LogP) is 0.829. The number of carbonyl (C=O) groups is 1. The number of fused-ring (bicyclic) bond motifs is 1.